The molecule has 1 aliphatic heterocycles. The summed E-state index contributed by atoms with van der Waals surface area (Å²) in [4.78, 5) is 18.9. The van der Waals surface area contributed by atoms with Crippen LogP contribution in [0, 0.1) is 5.92 Å². The fraction of sp³-hybridized carbons (Fsp3) is 0.333. The molecule has 0 bridgehead atoms. The Morgan fingerprint density at radius 2 is 1.84 bits per heavy atom. The number of aromatic nitrogens is 1. The number of piperidine rings is 1. The number of carbonyl (C=O) groups excluding carboxylic acids is 1. The minimum Gasteiger partial charge on any atom is -0.306 e. The number of sulfonamides is 1. The van der Waals surface area contributed by atoms with E-state index in [1.807, 2.05) is 0 Å². The first kappa shape index (κ1) is 17.6. The summed E-state index contributed by atoms with van der Waals surface area (Å²) in [5, 5.41) is 0. The van der Waals surface area contributed by atoms with Crippen LogP contribution in [0.4, 0.5) is 5.69 Å². The molecular formula is C18H21N3O3S. The molecule has 1 aliphatic rings. The lowest BCUT2D eigenvalue weighted by molar-refractivity contribution is 0.0857. The van der Waals surface area contributed by atoms with Gasteiger partial charge in [-0.2, -0.15) is 0 Å². The van der Waals surface area contributed by atoms with Gasteiger partial charge in [0.05, 0.1) is 4.90 Å². The van der Waals surface area contributed by atoms with Crippen molar-refractivity contribution in [3.05, 3.63) is 54.4 Å². The van der Waals surface area contributed by atoms with E-state index in [1.165, 1.54) is 24.5 Å². The molecule has 1 fully saturated rings. The normalized spacial score (nSPS) is 16.5. The first-order chi connectivity index (χ1) is 12.0. The van der Waals surface area contributed by atoms with Crippen molar-refractivity contribution < 1.29 is 13.2 Å². The van der Waals surface area contributed by atoms with Crippen LogP contribution in [-0.4, -0.2) is 44.2 Å². The molecule has 1 N–H and O–H groups in total. The second-order valence-corrected chi connectivity index (χ2v) is 7.99. The molecule has 3 rings (SSSR count). The van der Waals surface area contributed by atoms with Gasteiger partial charge in [0.1, 0.15) is 0 Å². The van der Waals surface area contributed by atoms with Crippen LogP contribution in [0.5, 0.6) is 0 Å². The number of hydrogen-bond donors (Lipinski definition) is 1. The average molecular weight is 359 g/mol. The number of anilines is 1. The Morgan fingerprint density at radius 1 is 1.16 bits per heavy atom. The number of nitrogens with zero attached hydrogens (tertiary/aromatic N) is 2. The SMILES string of the molecule is CN1CCC(C(=O)c2cccc(NS(=O)(=O)c3ccncc3)c2)CC1. The molecule has 1 aromatic heterocycles. The van der Waals surface area contributed by atoms with E-state index < -0.39 is 10.0 Å². The quantitative estimate of drug-likeness (QED) is 0.830. The maximum atomic E-state index is 12.7. The third kappa shape index (κ3) is 4.24. The predicted octanol–water partition coefficient (Wildman–Crippen LogP) is 2.41. The summed E-state index contributed by atoms with van der Waals surface area (Å²) in [5.74, 6) is 0.0845. The fourth-order valence-electron chi connectivity index (χ4n) is 2.97. The van der Waals surface area contributed by atoms with Gasteiger partial charge >= 0.3 is 0 Å². The maximum absolute atomic E-state index is 12.7. The molecule has 1 aromatic carbocycles. The number of pyridine rings is 1. The first-order valence-electron chi connectivity index (χ1n) is 8.21. The van der Waals surface area contributed by atoms with E-state index in [9.17, 15) is 13.2 Å². The number of rotatable bonds is 5. The monoisotopic (exact) mass is 359 g/mol. The van der Waals surface area contributed by atoms with E-state index in [-0.39, 0.29) is 16.6 Å². The Balaban J connectivity index is 1.77. The molecule has 6 nitrogen and oxygen atoms in total. The number of benzene rings is 1. The van der Waals surface area contributed by atoms with Gasteiger partial charge in [0.25, 0.3) is 10.0 Å². The van der Waals surface area contributed by atoms with Gasteiger partial charge in [0.2, 0.25) is 0 Å². The van der Waals surface area contributed by atoms with Crippen molar-refractivity contribution in [1.29, 1.82) is 0 Å². The molecule has 0 spiro atoms. The van der Waals surface area contributed by atoms with E-state index in [1.54, 1.807) is 24.3 Å². The summed E-state index contributed by atoms with van der Waals surface area (Å²) in [6.07, 6.45) is 4.52. The Morgan fingerprint density at radius 3 is 2.52 bits per heavy atom. The summed E-state index contributed by atoms with van der Waals surface area (Å²) in [7, 11) is -1.65. The highest BCUT2D eigenvalue weighted by Crippen LogP contribution is 2.23. The molecule has 0 unspecified atom stereocenters. The predicted molar refractivity (Wildman–Crippen MR) is 96.0 cm³/mol. The number of likely N-dealkylation sites (tertiary alicyclic amines) is 1. The van der Waals surface area contributed by atoms with Crippen LogP contribution < -0.4 is 4.72 Å². The zero-order valence-electron chi connectivity index (χ0n) is 14.1. The molecule has 132 valence electrons. The van der Waals surface area contributed by atoms with E-state index in [4.69, 9.17) is 0 Å². The Hall–Kier alpha value is -2.25. The molecule has 25 heavy (non-hydrogen) atoms. The van der Waals surface area contributed by atoms with Crippen LogP contribution in [0.1, 0.15) is 23.2 Å². The first-order valence-corrected chi connectivity index (χ1v) is 9.70. The lowest BCUT2D eigenvalue weighted by atomic mass is 9.89. The topological polar surface area (TPSA) is 79.4 Å². The summed E-state index contributed by atoms with van der Waals surface area (Å²) >= 11 is 0. The van der Waals surface area contributed by atoms with Crippen molar-refractivity contribution in [3.63, 3.8) is 0 Å². The molecule has 7 heteroatoms. The zero-order chi connectivity index (χ0) is 17.9. The van der Waals surface area contributed by atoms with Crippen molar-refractivity contribution in [3.8, 4) is 0 Å². The van der Waals surface area contributed by atoms with Gasteiger partial charge in [-0.1, -0.05) is 12.1 Å². The van der Waals surface area contributed by atoms with E-state index in [0.717, 1.165) is 25.9 Å². The Kier molecular flexibility index (Phi) is 5.15. The Bertz CT molecular complexity index is 845. The van der Waals surface area contributed by atoms with Gasteiger partial charge < -0.3 is 4.90 Å². The summed E-state index contributed by atoms with van der Waals surface area (Å²) in [6.45, 7) is 1.82. The minimum absolute atomic E-state index is 0.00301. The highest BCUT2D eigenvalue weighted by atomic mass is 32.2. The second-order valence-electron chi connectivity index (χ2n) is 6.31. The van der Waals surface area contributed by atoms with E-state index >= 15 is 0 Å². The summed E-state index contributed by atoms with van der Waals surface area (Å²) < 4.78 is 27.3. The van der Waals surface area contributed by atoms with Crippen LogP contribution in [-0.2, 0) is 10.0 Å². The van der Waals surface area contributed by atoms with Crippen LogP contribution >= 0.6 is 0 Å². The largest absolute Gasteiger partial charge is 0.306 e. The lowest BCUT2D eigenvalue weighted by Crippen LogP contribution is -2.33. The third-order valence-electron chi connectivity index (χ3n) is 4.45. The van der Waals surface area contributed by atoms with Gasteiger partial charge in [-0.3, -0.25) is 14.5 Å². The van der Waals surface area contributed by atoms with Crippen LogP contribution in [0.25, 0.3) is 0 Å². The van der Waals surface area contributed by atoms with Crippen LogP contribution in [0.15, 0.2) is 53.7 Å². The standard InChI is InChI=1S/C18H21N3O3S/c1-21-11-7-14(8-12-21)18(22)15-3-2-4-16(13-15)20-25(23,24)17-5-9-19-10-6-17/h2-6,9-10,13-14,20H,7-8,11-12H2,1H3. The van der Waals surface area contributed by atoms with E-state index in [2.05, 4.69) is 21.7 Å². The van der Waals surface area contributed by atoms with Crippen molar-refractivity contribution >= 4 is 21.5 Å². The van der Waals surface area contributed by atoms with Crippen molar-refractivity contribution in [1.82, 2.24) is 9.88 Å². The van der Waals surface area contributed by atoms with Gasteiger partial charge in [-0.05, 0) is 57.2 Å². The number of nitrogens with one attached hydrogen (secondary N) is 1. The number of ketones is 1. The number of hydrogen-bond acceptors (Lipinski definition) is 5. The van der Waals surface area contributed by atoms with Crippen molar-refractivity contribution in [2.75, 3.05) is 24.9 Å². The third-order valence-corrected chi connectivity index (χ3v) is 5.85. The fourth-order valence-corrected chi connectivity index (χ4v) is 4.01. The lowest BCUT2D eigenvalue weighted by Gasteiger charge is -2.28. The van der Waals surface area contributed by atoms with Gasteiger partial charge in [-0.25, -0.2) is 8.42 Å². The van der Waals surface area contributed by atoms with E-state index in [0.29, 0.717) is 11.3 Å². The van der Waals surface area contributed by atoms with Crippen LogP contribution in [0.3, 0.4) is 0 Å². The molecule has 0 amide bonds. The highest BCUT2D eigenvalue weighted by Gasteiger charge is 2.24. The van der Waals surface area contributed by atoms with Gasteiger partial charge in [0.15, 0.2) is 5.78 Å². The molecule has 2 heterocycles. The van der Waals surface area contributed by atoms with Crippen molar-refractivity contribution in [2.45, 2.75) is 17.7 Å². The van der Waals surface area contributed by atoms with Crippen LogP contribution in [0.2, 0.25) is 0 Å². The molecule has 0 atom stereocenters. The molecule has 0 aliphatic carbocycles. The van der Waals surface area contributed by atoms with Gasteiger partial charge in [-0.15, -0.1) is 0 Å². The second kappa shape index (κ2) is 7.33. The molecule has 0 radical (unpaired) electrons. The number of carbonyl (C=O) groups is 1. The average Bonchev–Trinajstić information content (AvgIpc) is 2.62. The molecule has 2 aromatic rings. The molecular weight excluding hydrogens is 338 g/mol. The zero-order valence-corrected chi connectivity index (χ0v) is 14.9. The molecule has 0 saturated carbocycles. The maximum Gasteiger partial charge on any atom is 0.262 e. The molecule has 1 saturated heterocycles. The summed E-state index contributed by atoms with van der Waals surface area (Å²) in [5.41, 5.74) is 0.931. The Labute approximate surface area is 147 Å². The smallest absolute Gasteiger partial charge is 0.262 e. The number of Topliss-reactive ketones (excluding diaryl/α,β-unsaturated/α-hetero) is 1. The van der Waals surface area contributed by atoms with Crippen molar-refractivity contribution in [2.24, 2.45) is 5.92 Å². The van der Waals surface area contributed by atoms with Gasteiger partial charge in [0, 0.05) is 29.6 Å². The highest BCUT2D eigenvalue weighted by molar-refractivity contribution is 7.92. The minimum atomic E-state index is -3.70. The summed E-state index contributed by atoms with van der Waals surface area (Å²) in [6, 6.07) is 9.55.